The van der Waals surface area contributed by atoms with Gasteiger partial charge in [0.1, 0.15) is 10.8 Å². The van der Waals surface area contributed by atoms with E-state index in [1.54, 1.807) is 0 Å². The minimum atomic E-state index is -4.69. The van der Waals surface area contributed by atoms with Gasteiger partial charge in [0, 0.05) is 5.75 Å². The highest BCUT2D eigenvalue weighted by Gasteiger charge is 2.50. The summed E-state index contributed by atoms with van der Waals surface area (Å²) in [4.78, 5) is 10.9. The number of rotatable bonds is 4. The van der Waals surface area contributed by atoms with Crippen molar-refractivity contribution < 1.29 is 26.9 Å². The Morgan fingerprint density at radius 2 is 2.00 bits per heavy atom. The predicted molar refractivity (Wildman–Crippen MR) is 47.4 cm³/mol. The van der Waals surface area contributed by atoms with Gasteiger partial charge in [0.2, 0.25) is 0 Å². The first-order valence-electron chi connectivity index (χ1n) is 4.31. The van der Waals surface area contributed by atoms with E-state index in [1.807, 2.05) is 0 Å². The summed E-state index contributed by atoms with van der Waals surface area (Å²) in [7, 11) is -1.69. The van der Waals surface area contributed by atoms with Crippen LogP contribution in [0.4, 0.5) is 13.2 Å². The van der Waals surface area contributed by atoms with E-state index in [0.29, 0.717) is 12.8 Å². The third-order valence-corrected chi connectivity index (χ3v) is 3.79. The Labute approximate surface area is 87.4 Å². The number of halogens is 3. The molecule has 1 atom stereocenters. The molecule has 0 aliphatic heterocycles. The Morgan fingerprint density at radius 3 is 2.33 bits per heavy atom. The van der Waals surface area contributed by atoms with E-state index < -0.39 is 33.4 Å². The number of carbonyl (C=O) groups excluding carboxylic acids is 1. The molecule has 0 N–H and O–H groups in total. The molecular weight excluding hydrogens is 233 g/mol. The lowest BCUT2D eigenvalue weighted by Crippen LogP contribution is -2.26. The summed E-state index contributed by atoms with van der Waals surface area (Å²) in [5.74, 6) is -1.04. The maximum Gasteiger partial charge on any atom is 0.471 e. The van der Waals surface area contributed by atoms with Crippen molar-refractivity contribution >= 4 is 16.8 Å². The fourth-order valence-corrected chi connectivity index (χ4v) is 2.40. The van der Waals surface area contributed by atoms with Gasteiger partial charge in [-0.2, -0.15) is 13.2 Å². The Balaban J connectivity index is 2.51. The largest absolute Gasteiger partial charge is 0.471 e. The van der Waals surface area contributed by atoms with Crippen LogP contribution in [0, 0.1) is 5.41 Å². The highest BCUT2D eigenvalue weighted by atomic mass is 32.2. The maximum absolute atomic E-state index is 12.0. The zero-order valence-electron chi connectivity index (χ0n) is 8.10. The van der Waals surface area contributed by atoms with Gasteiger partial charge >= 0.3 is 11.5 Å². The number of alkyl halides is 3. The van der Waals surface area contributed by atoms with Crippen molar-refractivity contribution in [3.8, 4) is 0 Å². The molecule has 0 heterocycles. The molecule has 1 fully saturated rings. The predicted octanol–water partition coefficient (Wildman–Crippen LogP) is 1.60. The molecule has 88 valence electrons. The summed E-state index contributed by atoms with van der Waals surface area (Å²) in [6.07, 6.45) is 0.930. The highest BCUT2D eigenvalue weighted by Crippen LogP contribution is 2.50. The van der Waals surface area contributed by atoms with Crippen LogP contribution < -0.4 is 0 Å². The van der Waals surface area contributed by atoms with Gasteiger partial charge in [-0.05, 0) is 18.3 Å². The van der Waals surface area contributed by atoms with Crippen molar-refractivity contribution in [3.63, 3.8) is 0 Å². The van der Waals surface area contributed by atoms with Crippen molar-refractivity contribution in [2.24, 2.45) is 5.41 Å². The molecular formula is C8H11F3O3S. The van der Waals surface area contributed by atoms with Crippen LogP contribution in [0.25, 0.3) is 0 Å². The number of ether oxygens (including phenoxy) is 1. The zero-order valence-corrected chi connectivity index (χ0v) is 8.91. The minimum absolute atomic E-state index is 0.0781. The lowest BCUT2D eigenvalue weighted by molar-refractivity contribution is -0.141. The van der Waals surface area contributed by atoms with Gasteiger partial charge in [-0.1, -0.05) is 0 Å². The molecule has 0 aromatic carbocycles. The maximum atomic E-state index is 12.0. The molecule has 1 unspecified atom stereocenters. The monoisotopic (exact) mass is 244 g/mol. The molecule has 0 radical (unpaired) electrons. The second-order valence-corrected chi connectivity index (χ2v) is 5.13. The van der Waals surface area contributed by atoms with Crippen molar-refractivity contribution in [1.29, 1.82) is 0 Å². The van der Waals surface area contributed by atoms with Gasteiger partial charge in [0.25, 0.3) is 0 Å². The van der Waals surface area contributed by atoms with E-state index >= 15 is 0 Å². The molecule has 1 saturated carbocycles. The van der Waals surface area contributed by atoms with Crippen LogP contribution in [0.1, 0.15) is 19.3 Å². The fourth-order valence-electron chi connectivity index (χ4n) is 1.29. The molecule has 0 spiro atoms. The van der Waals surface area contributed by atoms with Crippen molar-refractivity contribution in [2.45, 2.75) is 24.8 Å². The molecule has 1 rings (SSSR count). The van der Waals surface area contributed by atoms with E-state index in [4.69, 9.17) is 0 Å². The number of carbonyl (C=O) groups is 1. The third kappa shape index (κ3) is 3.48. The summed E-state index contributed by atoms with van der Waals surface area (Å²) in [6.45, 7) is 0. The number of hydrogen-bond acceptors (Lipinski definition) is 3. The normalized spacial score (nSPS) is 20.8. The molecule has 0 amide bonds. The number of methoxy groups -OCH3 is 1. The molecule has 3 nitrogen and oxygen atoms in total. The average Bonchev–Trinajstić information content (AvgIpc) is 2.83. The molecule has 0 aromatic rings. The van der Waals surface area contributed by atoms with Crippen LogP contribution in [0.3, 0.4) is 0 Å². The van der Waals surface area contributed by atoms with Crippen LogP contribution >= 0.6 is 0 Å². The molecule has 0 aromatic heterocycles. The van der Waals surface area contributed by atoms with Gasteiger partial charge in [-0.25, -0.2) is 0 Å². The second-order valence-electron chi connectivity index (χ2n) is 3.69. The Bertz CT molecular complexity index is 283. The van der Waals surface area contributed by atoms with E-state index in [1.165, 1.54) is 7.11 Å². The number of hydrogen-bond donors (Lipinski definition) is 0. The molecule has 7 heteroatoms. The average molecular weight is 244 g/mol. The Kier molecular flexibility index (Phi) is 3.42. The van der Waals surface area contributed by atoms with Crippen LogP contribution in [0.5, 0.6) is 0 Å². The van der Waals surface area contributed by atoms with Crippen molar-refractivity contribution in [3.05, 3.63) is 0 Å². The molecule has 1 aliphatic rings. The summed E-state index contributed by atoms with van der Waals surface area (Å²) in [5, 5.41) is 0. The van der Waals surface area contributed by atoms with Crippen LogP contribution in [-0.4, -0.2) is 28.5 Å². The van der Waals surface area contributed by atoms with Crippen LogP contribution in [0.15, 0.2) is 0 Å². The molecule has 15 heavy (non-hydrogen) atoms. The van der Waals surface area contributed by atoms with Gasteiger partial charge in [-0.3, -0.25) is 9.00 Å². The first-order chi connectivity index (χ1) is 6.79. The zero-order chi connectivity index (χ0) is 11.7. The Morgan fingerprint density at radius 1 is 1.47 bits per heavy atom. The van der Waals surface area contributed by atoms with E-state index in [9.17, 15) is 22.2 Å². The first-order valence-corrected chi connectivity index (χ1v) is 5.63. The second kappa shape index (κ2) is 4.11. The smallest absolute Gasteiger partial charge is 0.469 e. The van der Waals surface area contributed by atoms with Gasteiger partial charge in [-0.15, -0.1) is 0 Å². The molecule has 1 aliphatic carbocycles. The number of esters is 1. The Hall–Kier alpha value is -0.590. The van der Waals surface area contributed by atoms with E-state index in [0.717, 1.165) is 0 Å². The van der Waals surface area contributed by atoms with Gasteiger partial charge in [0.05, 0.1) is 13.5 Å². The molecule has 0 saturated heterocycles. The minimum Gasteiger partial charge on any atom is -0.469 e. The van der Waals surface area contributed by atoms with Crippen molar-refractivity contribution in [2.75, 3.05) is 12.9 Å². The molecule has 0 bridgehead atoms. The van der Waals surface area contributed by atoms with Crippen LogP contribution in [0.2, 0.25) is 0 Å². The summed E-state index contributed by atoms with van der Waals surface area (Å²) < 4.78 is 51.2. The summed E-state index contributed by atoms with van der Waals surface area (Å²) >= 11 is 0. The quantitative estimate of drug-likeness (QED) is 0.705. The SMILES string of the molecule is COC(=O)CC1(CS(=O)C(F)(F)F)CC1. The van der Waals surface area contributed by atoms with Gasteiger partial charge < -0.3 is 4.74 Å². The fraction of sp³-hybridized carbons (Fsp3) is 0.875. The van der Waals surface area contributed by atoms with E-state index in [2.05, 4.69) is 4.74 Å². The standard InChI is InChI=1S/C8H11F3O3S/c1-14-6(12)4-7(2-3-7)5-15(13)8(9,10)11/h2-5H2,1H3. The van der Waals surface area contributed by atoms with E-state index in [-0.39, 0.29) is 6.42 Å². The summed E-state index contributed by atoms with van der Waals surface area (Å²) in [6, 6.07) is 0. The lowest BCUT2D eigenvalue weighted by atomic mass is 10.1. The van der Waals surface area contributed by atoms with Crippen molar-refractivity contribution in [1.82, 2.24) is 0 Å². The summed E-state index contributed by atoms with van der Waals surface area (Å²) in [5.41, 5.74) is -5.43. The van der Waals surface area contributed by atoms with Gasteiger partial charge in [0.15, 0.2) is 0 Å². The third-order valence-electron chi connectivity index (χ3n) is 2.40. The van der Waals surface area contributed by atoms with Crippen LogP contribution in [-0.2, 0) is 20.3 Å². The first kappa shape index (κ1) is 12.5. The highest BCUT2D eigenvalue weighted by molar-refractivity contribution is 7.85. The lowest BCUT2D eigenvalue weighted by Gasteiger charge is -2.14. The topological polar surface area (TPSA) is 43.4 Å².